The van der Waals surface area contributed by atoms with Crippen LogP contribution < -0.4 is 4.74 Å². The molecule has 44 nitrogen and oxygen atoms in total. The molecular formula is C68H48O44. The molecular weight excluding hydrogens is 1520 g/mol. The zero-order chi connectivity index (χ0) is 81.5. The lowest BCUT2D eigenvalue weighted by molar-refractivity contribution is -0.284. The summed E-state index contributed by atoms with van der Waals surface area (Å²) >= 11 is 0. The highest BCUT2D eigenvalue weighted by molar-refractivity contribution is 6.12. The first kappa shape index (κ1) is 74.8. The van der Waals surface area contributed by atoms with Crippen molar-refractivity contribution in [1.82, 2.24) is 0 Å². The van der Waals surface area contributed by atoms with Crippen LogP contribution in [0.5, 0.6) is 144 Å². The maximum absolute atomic E-state index is 15.8. The van der Waals surface area contributed by atoms with Gasteiger partial charge in [0.15, 0.2) is 116 Å². The highest BCUT2D eigenvalue weighted by Crippen LogP contribution is 2.60. The van der Waals surface area contributed by atoms with Gasteiger partial charge in [-0.1, -0.05) is 0 Å². The van der Waals surface area contributed by atoms with E-state index in [9.17, 15) is 156 Å². The third-order valence-electron chi connectivity index (χ3n) is 17.9. The minimum atomic E-state index is -2.89. The number of hydrogen-bond acceptors (Lipinski definition) is 44. The van der Waals surface area contributed by atoms with E-state index in [2.05, 4.69) is 0 Å². The molecule has 0 aromatic heterocycles. The molecule has 10 atom stereocenters. The van der Waals surface area contributed by atoms with Gasteiger partial charge in [-0.3, -0.25) is 0 Å². The van der Waals surface area contributed by atoms with Gasteiger partial charge in [-0.25, -0.2) is 38.4 Å². The Morgan fingerprint density at radius 1 is 0.295 bits per heavy atom. The number of phenols is 23. The van der Waals surface area contributed by atoms with Crippen molar-refractivity contribution in [1.29, 1.82) is 0 Å². The lowest BCUT2D eigenvalue weighted by atomic mass is 9.90. The van der Waals surface area contributed by atoms with Crippen LogP contribution in [-0.2, 0) is 47.4 Å². The van der Waals surface area contributed by atoms with Crippen molar-refractivity contribution in [2.45, 2.75) is 61.4 Å². The second-order valence-electron chi connectivity index (χ2n) is 24.6. The average Bonchev–Trinajstić information content (AvgIpc) is 1.04. The van der Waals surface area contributed by atoms with Crippen molar-refractivity contribution >= 4 is 47.8 Å². The SMILES string of the molecule is O=C(O[C@H]1O[C@H]2COC(=O)c3cc(O)c(O)c(O)c3-c3c(cc(O)c(O)c3O)C(=O)O[C@@H]2[C@@H](O)[C@@H]1O)c1cc(O)c(O)c(Oc2c(O)c(O)c(O)c3c2C(=O)O[C@@H]2[C@H]4OC(=O)c5cc(O)c(O)c(O)c5-c5c(cc(O)c(O)c5O)C(=O)O[C@@H]4[C@H](OC(=O)c4cc(O)c(O)c(O)c4)O[C@H]2COC(=O)c2cc(O)c(O)c(O)c2-3)c1. The van der Waals surface area contributed by atoms with Gasteiger partial charge in [0.1, 0.15) is 43.2 Å². The van der Waals surface area contributed by atoms with Crippen LogP contribution >= 0.6 is 0 Å². The summed E-state index contributed by atoms with van der Waals surface area (Å²) in [6.45, 7) is -2.81. The lowest BCUT2D eigenvalue weighted by Crippen LogP contribution is -2.63. The van der Waals surface area contributed by atoms with Crippen LogP contribution in [0.3, 0.4) is 0 Å². The number of esters is 8. The summed E-state index contributed by atoms with van der Waals surface area (Å²) in [6.07, 6.45) is -26.2. The number of hydrogen-bond donors (Lipinski definition) is 25. The molecule has 2 fully saturated rings. The largest absolute Gasteiger partial charge is 0.504 e. The van der Waals surface area contributed by atoms with E-state index in [0.29, 0.717) is 42.5 Å². The highest BCUT2D eigenvalue weighted by atomic mass is 16.8. The van der Waals surface area contributed by atoms with Crippen LogP contribution in [0.1, 0.15) is 82.9 Å². The Morgan fingerprint density at radius 3 is 1.04 bits per heavy atom. The molecule has 0 amide bonds. The van der Waals surface area contributed by atoms with Gasteiger partial charge in [-0.15, -0.1) is 0 Å². The van der Waals surface area contributed by atoms with Crippen molar-refractivity contribution in [3.05, 3.63) is 99.1 Å². The molecule has 25 N–H and O–H groups in total. The molecule has 0 radical (unpaired) electrons. The molecule has 5 heterocycles. The molecule has 2 saturated heterocycles. The number of aromatic hydroxyl groups is 23. The predicted molar refractivity (Wildman–Crippen MR) is 344 cm³/mol. The monoisotopic (exact) mass is 1570 g/mol. The Balaban J connectivity index is 0.917. The Bertz CT molecular complexity index is 5480. The topological polar surface area (TPSA) is 744 Å². The van der Waals surface area contributed by atoms with Crippen LogP contribution in [0.2, 0.25) is 0 Å². The van der Waals surface area contributed by atoms with Gasteiger partial charge in [0.25, 0.3) is 0 Å². The first-order chi connectivity index (χ1) is 52.7. The molecule has 44 heteroatoms. The minimum Gasteiger partial charge on any atom is -0.504 e. The van der Waals surface area contributed by atoms with Crippen LogP contribution in [0, 0.1) is 0 Å². The van der Waals surface area contributed by atoms with Gasteiger partial charge in [0.2, 0.25) is 64.7 Å². The van der Waals surface area contributed by atoms with E-state index in [1.807, 2.05) is 0 Å². The first-order valence-electron chi connectivity index (χ1n) is 31.2. The van der Waals surface area contributed by atoms with E-state index in [-0.39, 0.29) is 12.1 Å². The summed E-state index contributed by atoms with van der Waals surface area (Å²) in [5.41, 5.74) is -17.5. The Morgan fingerprint density at radius 2 is 0.616 bits per heavy atom. The third-order valence-corrected chi connectivity index (χ3v) is 17.9. The quantitative estimate of drug-likeness (QED) is 0.0640. The van der Waals surface area contributed by atoms with E-state index in [1.54, 1.807) is 0 Å². The van der Waals surface area contributed by atoms with Crippen LogP contribution in [-0.4, -0.2) is 250 Å². The molecule has 0 spiro atoms. The molecule has 0 aliphatic carbocycles. The van der Waals surface area contributed by atoms with Crippen LogP contribution in [0.15, 0.2) is 54.6 Å². The molecule has 0 saturated carbocycles. The zero-order valence-corrected chi connectivity index (χ0v) is 54.8. The summed E-state index contributed by atoms with van der Waals surface area (Å²) in [5, 5.41) is 275. The highest BCUT2D eigenvalue weighted by Gasteiger charge is 2.57. The predicted octanol–water partition coefficient (Wildman–Crippen LogP) is 1.75. The van der Waals surface area contributed by atoms with Gasteiger partial charge >= 0.3 is 47.8 Å². The third kappa shape index (κ3) is 12.0. The van der Waals surface area contributed by atoms with Gasteiger partial charge in [0, 0.05) is 27.8 Å². The molecule has 8 aromatic carbocycles. The number of phenolic OH excluding ortho intramolecular Hbond substituents is 23. The second-order valence-corrected chi connectivity index (χ2v) is 24.6. The Hall–Kier alpha value is -15.4. The fraction of sp³-hybridized carbons (Fsp3) is 0.176. The summed E-state index contributed by atoms with van der Waals surface area (Å²) in [6, 6.07) is 3.22. The Labute approximate surface area is 614 Å². The molecule has 8 aromatic rings. The molecule has 13 rings (SSSR count). The number of aliphatic hydroxyl groups excluding tert-OH is 2. The molecule has 0 bridgehead atoms. The maximum Gasteiger partial charge on any atom is 0.343 e. The fourth-order valence-corrected chi connectivity index (χ4v) is 12.5. The Kier molecular flexibility index (Phi) is 18.1. The maximum atomic E-state index is 15.8. The van der Waals surface area contributed by atoms with Gasteiger partial charge < -0.3 is 180 Å². The van der Waals surface area contributed by atoms with Crippen molar-refractivity contribution in [3.63, 3.8) is 0 Å². The van der Waals surface area contributed by atoms with E-state index in [1.165, 1.54) is 0 Å². The molecule has 5 aliphatic rings. The molecule has 584 valence electrons. The van der Waals surface area contributed by atoms with Gasteiger partial charge in [0.05, 0.1) is 44.5 Å². The fourth-order valence-electron chi connectivity index (χ4n) is 12.5. The number of carbonyl (C=O) groups is 8. The number of rotatable bonds is 6. The van der Waals surface area contributed by atoms with Crippen molar-refractivity contribution in [2.24, 2.45) is 0 Å². The zero-order valence-electron chi connectivity index (χ0n) is 54.8. The second kappa shape index (κ2) is 27.1. The number of ether oxygens (including phenoxy) is 11. The number of fused-ring (bicyclic) bond motifs is 13. The number of aliphatic hydroxyl groups is 2. The van der Waals surface area contributed by atoms with Gasteiger partial charge in [-0.05, 0) is 54.6 Å². The van der Waals surface area contributed by atoms with Crippen molar-refractivity contribution in [3.8, 4) is 177 Å². The summed E-state index contributed by atoms with van der Waals surface area (Å²) in [5.74, 6) is -53.2. The van der Waals surface area contributed by atoms with E-state index in [0.717, 1.165) is 0 Å². The van der Waals surface area contributed by atoms with E-state index >= 15 is 9.59 Å². The first-order valence-corrected chi connectivity index (χ1v) is 31.2. The lowest BCUT2D eigenvalue weighted by Gasteiger charge is -2.44. The summed E-state index contributed by atoms with van der Waals surface area (Å²) in [7, 11) is 0. The standard InChI is InChI=1S/C68H48O44/c69-19-1-12(2-20(70)37(19)77)59(94)112-68-58-57(109-64(99)17-8-25(75)41(81)46(86)32(17)33-18(65(100)110-58)9-26(76)42(82)47(33)87)55-29(106-68)11-103-62(97)15-6-23(73)43(83)48(88)34(15)35-36(66(101)108-55)56(51(91)50(90)49(35)89)104-27-4-13(3-21(71)38(27)78)60(95)111-67-53(93)52(92)54-28(105-67)10-102-61(96)14-5-22(72)39(79)44(84)30(14)31-16(63(98)107-54)7-24(74)40(80)45(31)85/h1-9,28-29,52-55,57-58,67-93H,10-11H2/t28-,29-,52-,53-,54-,55-,57+,58-,67+,68-/m0/s1. The number of cyclic esters (lactones) is 2. The normalized spacial score (nSPS) is 21.3. The molecule has 0 unspecified atom stereocenters. The summed E-state index contributed by atoms with van der Waals surface area (Å²) in [4.78, 5) is 117. The van der Waals surface area contributed by atoms with Crippen LogP contribution in [0.4, 0.5) is 0 Å². The molecule has 5 aliphatic heterocycles. The number of benzene rings is 8. The van der Waals surface area contributed by atoms with E-state index < -0.39 is 344 Å². The van der Waals surface area contributed by atoms with Crippen LogP contribution in [0.25, 0.3) is 33.4 Å². The smallest absolute Gasteiger partial charge is 0.343 e. The van der Waals surface area contributed by atoms with Crippen molar-refractivity contribution in [2.75, 3.05) is 13.2 Å². The number of carbonyl (C=O) groups excluding carboxylic acids is 8. The van der Waals surface area contributed by atoms with Gasteiger partial charge in [-0.2, -0.15) is 0 Å². The van der Waals surface area contributed by atoms with Crippen molar-refractivity contribution < 1.29 is 218 Å². The minimum absolute atomic E-state index is 0.253. The van der Waals surface area contributed by atoms with E-state index in [4.69, 9.17) is 52.1 Å². The molecule has 112 heavy (non-hydrogen) atoms. The summed E-state index contributed by atoms with van der Waals surface area (Å²) < 4.78 is 61.6. The average molecular weight is 1570 g/mol.